The van der Waals surface area contributed by atoms with Crippen LogP contribution in [0.25, 0.3) is 22.3 Å². The number of fused-ring (bicyclic) bond motifs is 2. The Bertz CT molecular complexity index is 1140. The molecular weight excluding hydrogens is 324 g/mol. The number of H-pyrrole nitrogens is 1. The molecule has 1 aliphatic rings. The van der Waals surface area contributed by atoms with Crippen molar-refractivity contribution in [2.45, 2.75) is 12.8 Å². The lowest BCUT2D eigenvalue weighted by Gasteiger charge is -2.22. The molecule has 0 fully saturated rings. The van der Waals surface area contributed by atoms with Crippen molar-refractivity contribution >= 4 is 22.6 Å². The molecule has 0 saturated heterocycles. The van der Waals surface area contributed by atoms with E-state index in [-0.39, 0.29) is 5.91 Å². The van der Waals surface area contributed by atoms with E-state index in [1.54, 1.807) is 6.33 Å². The summed E-state index contributed by atoms with van der Waals surface area (Å²) >= 11 is 0. The van der Waals surface area contributed by atoms with Crippen molar-refractivity contribution < 1.29 is 4.79 Å². The summed E-state index contributed by atoms with van der Waals surface area (Å²) in [6.07, 6.45) is 3.43. The van der Waals surface area contributed by atoms with Gasteiger partial charge in [-0.25, -0.2) is 9.97 Å². The van der Waals surface area contributed by atoms with Crippen molar-refractivity contribution in [2.24, 2.45) is 0 Å². The number of benzene rings is 2. The van der Waals surface area contributed by atoms with E-state index < -0.39 is 5.92 Å². The molecule has 5 nitrogen and oxygen atoms in total. The van der Waals surface area contributed by atoms with E-state index in [2.05, 4.69) is 20.3 Å². The number of aromatic amines is 1. The molecule has 5 rings (SSSR count). The van der Waals surface area contributed by atoms with Crippen LogP contribution in [0.1, 0.15) is 22.6 Å². The maximum absolute atomic E-state index is 13.2. The highest BCUT2D eigenvalue weighted by Crippen LogP contribution is 2.40. The van der Waals surface area contributed by atoms with Crippen LogP contribution in [0, 0.1) is 6.92 Å². The molecule has 3 heterocycles. The van der Waals surface area contributed by atoms with E-state index in [0.29, 0.717) is 0 Å². The number of para-hydroxylation sites is 1. The summed E-state index contributed by atoms with van der Waals surface area (Å²) in [6, 6.07) is 15.8. The van der Waals surface area contributed by atoms with Gasteiger partial charge in [0.2, 0.25) is 5.91 Å². The van der Waals surface area contributed by atoms with Crippen LogP contribution in [0.4, 0.5) is 5.69 Å². The van der Waals surface area contributed by atoms with Crippen molar-refractivity contribution in [3.05, 3.63) is 77.7 Å². The summed E-state index contributed by atoms with van der Waals surface area (Å²) in [5.74, 6) is -0.487. The maximum atomic E-state index is 13.2. The molecule has 4 aromatic rings. The van der Waals surface area contributed by atoms with E-state index in [1.165, 1.54) is 0 Å². The van der Waals surface area contributed by atoms with E-state index in [0.717, 1.165) is 44.7 Å². The lowest BCUT2D eigenvalue weighted by molar-refractivity contribution is -0.116. The number of nitrogens with one attached hydrogen (secondary N) is 2. The molecule has 1 aliphatic heterocycles. The summed E-state index contributed by atoms with van der Waals surface area (Å²) in [6.45, 7) is 2.04. The SMILES string of the molecule is Cc1ccc(C2C(=O)Nc3ccccc3-c3ncnc4[nH]cc2c34)cc1. The van der Waals surface area contributed by atoms with Gasteiger partial charge >= 0.3 is 0 Å². The second-order valence-corrected chi connectivity index (χ2v) is 6.57. The van der Waals surface area contributed by atoms with Crippen LogP contribution in [0.15, 0.2) is 61.1 Å². The lowest BCUT2D eigenvalue weighted by Crippen LogP contribution is -2.23. The number of aromatic nitrogens is 3. The number of carbonyl (C=O) groups is 1. The molecule has 0 radical (unpaired) electrons. The second kappa shape index (κ2) is 5.52. The number of amides is 1. The van der Waals surface area contributed by atoms with Crippen molar-refractivity contribution in [1.82, 2.24) is 15.0 Å². The molecule has 26 heavy (non-hydrogen) atoms. The highest BCUT2D eigenvalue weighted by Gasteiger charge is 2.30. The smallest absolute Gasteiger partial charge is 0.236 e. The predicted molar refractivity (Wildman–Crippen MR) is 101 cm³/mol. The normalized spacial score (nSPS) is 15.9. The van der Waals surface area contributed by atoms with Gasteiger partial charge in [-0.05, 0) is 24.1 Å². The lowest BCUT2D eigenvalue weighted by atomic mass is 9.87. The van der Waals surface area contributed by atoms with Crippen molar-refractivity contribution in [3.8, 4) is 11.3 Å². The third-order valence-corrected chi connectivity index (χ3v) is 4.92. The monoisotopic (exact) mass is 340 g/mol. The minimum atomic E-state index is -0.428. The zero-order valence-corrected chi connectivity index (χ0v) is 14.2. The number of nitrogens with zero attached hydrogens (tertiary/aromatic N) is 2. The third-order valence-electron chi connectivity index (χ3n) is 4.92. The molecule has 2 N–H and O–H groups in total. The molecular formula is C21H16N4O. The van der Waals surface area contributed by atoms with Crippen LogP contribution in [0.5, 0.6) is 0 Å². The Labute approximate surface area is 150 Å². The standard InChI is InChI=1S/C21H16N4O/c1-12-6-8-13(9-7-12)17-15-10-22-20-18(15)19(23-11-24-20)14-4-2-3-5-16(14)25-21(17)26/h2-11,17H,1H3,(H,25,26)(H,22,23,24). The Morgan fingerprint density at radius 2 is 1.81 bits per heavy atom. The largest absolute Gasteiger partial charge is 0.346 e. The molecule has 0 bridgehead atoms. The Morgan fingerprint density at radius 1 is 1.00 bits per heavy atom. The summed E-state index contributed by atoms with van der Waals surface area (Å²) in [4.78, 5) is 25.3. The number of aryl methyl sites for hydroxylation is 1. The molecule has 1 amide bonds. The molecule has 0 aliphatic carbocycles. The van der Waals surface area contributed by atoms with Crippen LogP contribution < -0.4 is 5.32 Å². The minimum absolute atomic E-state index is 0.0586. The molecule has 1 unspecified atom stereocenters. The van der Waals surface area contributed by atoms with Crippen LogP contribution in [-0.4, -0.2) is 20.9 Å². The van der Waals surface area contributed by atoms with Gasteiger partial charge in [0, 0.05) is 17.1 Å². The number of anilines is 1. The Morgan fingerprint density at radius 3 is 2.65 bits per heavy atom. The fraction of sp³-hybridized carbons (Fsp3) is 0.0952. The fourth-order valence-corrected chi connectivity index (χ4v) is 3.65. The molecule has 126 valence electrons. The molecule has 2 aromatic carbocycles. The topological polar surface area (TPSA) is 70.7 Å². The number of carbonyl (C=O) groups excluding carboxylic acids is 1. The average Bonchev–Trinajstić information content (AvgIpc) is 3.07. The second-order valence-electron chi connectivity index (χ2n) is 6.57. The van der Waals surface area contributed by atoms with Crippen LogP contribution in [0.3, 0.4) is 0 Å². The van der Waals surface area contributed by atoms with Gasteiger partial charge < -0.3 is 10.3 Å². The first kappa shape index (κ1) is 14.8. The van der Waals surface area contributed by atoms with E-state index in [9.17, 15) is 4.79 Å². The van der Waals surface area contributed by atoms with E-state index in [4.69, 9.17) is 0 Å². The Balaban J connectivity index is 1.85. The third kappa shape index (κ3) is 2.14. The maximum Gasteiger partial charge on any atom is 0.236 e. The molecule has 0 spiro atoms. The van der Waals surface area contributed by atoms with Gasteiger partial charge in [-0.1, -0.05) is 48.0 Å². The van der Waals surface area contributed by atoms with E-state index in [1.807, 2.05) is 61.7 Å². The average molecular weight is 340 g/mol. The van der Waals surface area contributed by atoms with Gasteiger partial charge in [0.15, 0.2) is 0 Å². The molecule has 1 atom stereocenters. The van der Waals surface area contributed by atoms with Crippen LogP contribution in [0.2, 0.25) is 0 Å². The molecule has 2 aromatic heterocycles. The fourth-order valence-electron chi connectivity index (χ4n) is 3.65. The number of hydrogen-bond acceptors (Lipinski definition) is 3. The predicted octanol–water partition coefficient (Wildman–Crippen LogP) is 4.02. The quantitative estimate of drug-likeness (QED) is 0.550. The first-order chi connectivity index (χ1) is 12.7. The van der Waals surface area contributed by atoms with Gasteiger partial charge in [0.05, 0.1) is 17.3 Å². The van der Waals surface area contributed by atoms with E-state index >= 15 is 0 Å². The van der Waals surface area contributed by atoms with Crippen molar-refractivity contribution in [2.75, 3.05) is 5.32 Å². The first-order valence-electron chi connectivity index (χ1n) is 8.51. The summed E-state index contributed by atoms with van der Waals surface area (Å²) in [5, 5.41) is 3.99. The van der Waals surface area contributed by atoms with Gasteiger partial charge in [-0.15, -0.1) is 0 Å². The highest BCUT2D eigenvalue weighted by atomic mass is 16.1. The molecule has 5 heteroatoms. The zero-order valence-electron chi connectivity index (χ0n) is 14.2. The van der Waals surface area contributed by atoms with Crippen molar-refractivity contribution in [1.29, 1.82) is 0 Å². The summed E-state index contributed by atoms with van der Waals surface area (Å²) in [5.41, 5.74) is 6.24. The van der Waals surface area contributed by atoms with Crippen LogP contribution in [-0.2, 0) is 4.79 Å². The first-order valence-corrected chi connectivity index (χ1v) is 8.51. The number of rotatable bonds is 1. The Kier molecular flexibility index (Phi) is 3.15. The van der Waals surface area contributed by atoms with Gasteiger partial charge in [-0.2, -0.15) is 0 Å². The zero-order chi connectivity index (χ0) is 17.7. The summed E-state index contributed by atoms with van der Waals surface area (Å²) < 4.78 is 0. The van der Waals surface area contributed by atoms with Gasteiger partial charge in [-0.3, -0.25) is 4.79 Å². The molecule has 0 saturated carbocycles. The van der Waals surface area contributed by atoms with Crippen LogP contribution >= 0.6 is 0 Å². The Hall–Kier alpha value is -3.47. The van der Waals surface area contributed by atoms with Gasteiger partial charge in [0.1, 0.15) is 12.0 Å². The number of hydrogen-bond donors (Lipinski definition) is 2. The highest BCUT2D eigenvalue weighted by molar-refractivity contribution is 6.09. The summed E-state index contributed by atoms with van der Waals surface area (Å²) in [7, 11) is 0. The van der Waals surface area contributed by atoms with Crippen molar-refractivity contribution in [3.63, 3.8) is 0 Å². The van der Waals surface area contributed by atoms with Gasteiger partial charge in [0.25, 0.3) is 0 Å². The minimum Gasteiger partial charge on any atom is -0.346 e.